The summed E-state index contributed by atoms with van der Waals surface area (Å²) in [5, 5.41) is 6.14. The molecule has 2 aromatic rings. The third kappa shape index (κ3) is 2.34. The lowest BCUT2D eigenvalue weighted by atomic mass is 10.4. The van der Waals surface area contributed by atoms with E-state index in [0.29, 0.717) is 23.9 Å². The van der Waals surface area contributed by atoms with Crippen molar-refractivity contribution in [2.75, 3.05) is 24.8 Å². The van der Waals surface area contributed by atoms with Crippen LogP contribution < -0.4 is 15.4 Å². The van der Waals surface area contributed by atoms with Crippen LogP contribution in [0, 0.1) is 0 Å². The molecule has 7 nitrogen and oxygen atoms in total. The van der Waals surface area contributed by atoms with E-state index in [2.05, 4.69) is 25.6 Å². The molecule has 0 aliphatic rings. The molecule has 7 heteroatoms. The number of rotatable bonds is 5. The molecule has 0 amide bonds. The first-order valence-corrected chi connectivity index (χ1v) is 5.53. The molecule has 0 saturated carbocycles. The molecule has 0 aliphatic heterocycles. The third-order valence-electron chi connectivity index (χ3n) is 2.58. The molecule has 0 fully saturated rings. The van der Waals surface area contributed by atoms with Crippen LogP contribution in [0.5, 0.6) is 5.75 Å². The van der Waals surface area contributed by atoms with Crippen LogP contribution >= 0.6 is 0 Å². The van der Waals surface area contributed by atoms with E-state index in [1.165, 1.54) is 6.33 Å². The quantitative estimate of drug-likeness (QED) is 0.817. The predicted octanol–water partition coefficient (Wildman–Crippen LogP) is 0.872. The van der Waals surface area contributed by atoms with Gasteiger partial charge in [-0.25, -0.2) is 15.0 Å². The summed E-state index contributed by atoms with van der Waals surface area (Å²) in [6, 6.07) is 0. The summed E-state index contributed by atoms with van der Waals surface area (Å²) in [6.07, 6.45) is 5.13. The molecule has 2 aromatic heterocycles. The van der Waals surface area contributed by atoms with Gasteiger partial charge in [0.05, 0.1) is 13.7 Å². The third-order valence-corrected chi connectivity index (χ3v) is 2.58. The van der Waals surface area contributed by atoms with Gasteiger partial charge in [0.2, 0.25) is 5.75 Å². The predicted molar refractivity (Wildman–Crippen MR) is 68.7 cm³/mol. The molecule has 0 saturated heterocycles. The molecule has 96 valence electrons. The molecule has 2 heterocycles. The van der Waals surface area contributed by atoms with Crippen molar-refractivity contribution < 1.29 is 4.74 Å². The summed E-state index contributed by atoms with van der Waals surface area (Å²) in [4.78, 5) is 12.5. The highest BCUT2D eigenvalue weighted by Crippen LogP contribution is 2.28. The second-order valence-corrected chi connectivity index (χ2v) is 3.66. The summed E-state index contributed by atoms with van der Waals surface area (Å²) in [6.45, 7) is 0.569. The number of hydrogen-bond donors (Lipinski definition) is 2. The first-order chi connectivity index (χ1) is 8.76. The maximum Gasteiger partial charge on any atom is 0.204 e. The van der Waals surface area contributed by atoms with Gasteiger partial charge < -0.3 is 19.9 Å². The average molecular weight is 248 g/mol. The smallest absolute Gasteiger partial charge is 0.204 e. The van der Waals surface area contributed by atoms with Gasteiger partial charge in [-0.2, -0.15) is 0 Å². The van der Waals surface area contributed by atoms with E-state index < -0.39 is 0 Å². The number of anilines is 2. The summed E-state index contributed by atoms with van der Waals surface area (Å²) in [5.74, 6) is 2.80. The minimum Gasteiger partial charge on any atom is -0.490 e. The summed E-state index contributed by atoms with van der Waals surface area (Å²) < 4.78 is 7.23. The fraction of sp³-hybridized carbons (Fsp3) is 0.364. The van der Waals surface area contributed by atoms with Crippen LogP contribution in [0.25, 0.3) is 0 Å². The Hall–Kier alpha value is -2.31. The number of aromatic nitrogens is 4. The second kappa shape index (κ2) is 5.35. The van der Waals surface area contributed by atoms with Gasteiger partial charge in [0.15, 0.2) is 11.6 Å². The van der Waals surface area contributed by atoms with Crippen LogP contribution in [0.2, 0.25) is 0 Å². The van der Waals surface area contributed by atoms with Crippen LogP contribution in [0.15, 0.2) is 18.7 Å². The van der Waals surface area contributed by atoms with Crippen molar-refractivity contribution in [2.45, 2.75) is 6.54 Å². The van der Waals surface area contributed by atoms with Crippen LogP contribution in [-0.4, -0.2) is 33.7 Å². The maximum absolute atomic E-state index is 5.29. The Labute approximate surface area is 105 Å². The van der Waals surface area contributed by atoms with Gasteiger partial charge in [0, 0.05) is 26.5 Å². The molecule has 2 N–H and O–H groups in total. The zero-order valence-corrected chi connectivity index (χ0v) is 10.6. The molecular weight excluding hydrogens is 232 g/mol. The van der Waals surface area contributed by atoms with Crippen molar-refractivity contribution in [1.82, 2.24) is 19.5 Å². The highest BCUT2D eigenvalue weighted by atomic mass is 16.5. The monoisotopic (exact) mass is 248 g/mol. The van der Waals surface area contributed by atoms with Gasteiger partial charge >= 0.3 is 0 Å². The van der Waals surface area contributed by atoms with Crippen LogP contribution in [0.1, 0.15) is 5.82 Å². The molecule has 0 aromatic carbocycles. The Morgan fingerprint density at radius 2 is 2.06 bits per heavy atom. The lowest BCUT2D eigenvalue weighted by molar-refractivity contribution is 0.415. The van der Waals surface area contributed by atoms with Gasteiger partial charge in [-0.3, -0.25) is 0 Å². The Balaban J connectivity index is 2.16. The van der Waals surface area contributed by atoms with Gasteiger partial charge in [0.1, 0.15) is 12.2 Å². The standard InChI is InChI=1S/C11H16N6O/c1-12-10-9(18-3)11(16-7-15-10)14-6-8-13-4-5-17(8)2/h4-5,7H,6H2,1-3H3,(H2,12,14,15,16). The highest BCUT2D eigenvalue weighted by Gasteiger charge is 2.11. The van der Waals surface area contributed by atoms with Crippen molar-refractivity contribution >= 4 is 11.6 Å². The maximum atomic E-state index is 5.29. The molecular formula is C11H16N6O. The summed E-state index contributed by atoms with van der Waals surface area (Å²) in [7, 11) is 5.32. The Morgan fingerprint density at radius 3 is 2.67 bits per heavy atom. The average Bonchev–Trinajstić information content (AvgIpc) is 2.81. The number of nitrogens with one attached hydrogen (secondary N) is 2. The molecule has 18 heavy (non-hydrogen) atoms. The van der Waals surface area contributed by atoms with Gasteiger partial charge in [0.25, 0.3) is 0 Å². The van der Waals surface area contributed by atoms with E-state index >= 15 is 0 Å². The molecule has 0 aliphatic carbocycles. The largest absolute Gasteiger partial charge is 0.490 e. The van der Waals surface area contributed by atoms with Crippen LogP contribution in [0.4, 0.5) is 11.6 Å². The Bertz CT molecular complexity index is 524. The molecule has 0 atom stereocenters. The number of imidazole rings is 1. The number of hydrogen-bond acceptors (Lipinski definition) is 6. The molecule has 0 radical (unpaired) electrons. The van der Waals surface area contributed by atoms with E-state index in [0.717, 1.165) is 5.82 Å². The van der Waals surface area contributed by atoms with E-state index in [-0.39, 0.29) is 0 Å². The fourth-order valence-electron chi connectivity index (χ4n) is 1.60. The highest BCUT2D eigenvalue weighted by molar-refractivity contribution is 5.63. The molecule has 0 bridgehead atoms. The van der Waals surface area contributed by atoms with Gasteiger partial charge in [-0.15, -0.1) is 0 Å². The SMILES string of the molecule is CNc1ncnc(NCc2nccn2C)c1OC. The zero-order chi connectivity index (χ0) is 13.0. The van der Waals surface area contributed by atoms with Crippen molar-refractivity contribution in [2.24, 2.45) is 7.05 Å². The van der Waals surface area contributed by atoms with Crippen molar-refractivity contribution in [3.05, 3.63) is 24.5 Å². The topological polar surface area (TPSA) is 76.9 Å². The fourth-order valence-corrected chi connectivity index (χ4v) is 1.60. The van der Waals surface area contributed by atoms with Crippen molar-refractivity contribution in [3.63, 3.8) is 0 Å². The number of ether oxygens (including phenoxy) is 1. The number of nitrogens with zero attached hydrogens (tertiary/aromatic N) is 4. The summed E-state index contributed by atoms with van der Waals surface area (Å²) in [5.41, 5.74) is 0. The Kier molecular flexibility index (Phi) is 3.61. The number of aryl methyl sites for hydroxylation is 1. The number of methoxy groups -OCH3 is 1. The van der Waals surface area contributed by atoms with Crippen molar-refractivity contribution in [3.8, 4) is 5.75 Å². The molecule has 0 unspecified atom stereocenters. The van der Waals surface area contributed by atoms with E-state index in [9.17, 15) is 0 Å². The minimum atomic E-state index is 0.569. The van der Waals surface area contributed by atoms with E-state index in [1.807, 2.05) is 17.8 Å². The van der Waals surface area contributed by atoms with E-state index in [4.69, 9.17) is 4.74 Å². The second-order valence-electron chi connectivity index (χ2n) is 3.66. The van der Waals surface area contributed by atoms with Gasteiger partial charge in [-0.05, 0) is 0 Å². The lowest BCUT2D eigenvalue weighted by Gasteiger charge is -2.12. The normalized spacial score (nSPS) is 10.2. The van der Waals surface area contributed by atoms with Crippen LogP contribution in [0.3, 0.4) is 0 Å². The Morgan fingerprint density at radius 1 is 1.28 bits per heavy atom. The van der Waals surface area contributed by atoms with E-state index in [1.54, 1.807) is 20.4 Å². The first-order valence-electron chi connectivity index (χ1n) is 5.53. The minimum absolute atomic E-state index is 0.569. The van der Waals surface area contributed by atoms with Gasteiger partial charge in [-0.1, -0.05) is 0 Å². The lowest BCUT2D eigenvalue weighted by Crippen LogP contribution is -2.09. The molecule has 0 spiro atoms. The van der Waals surface area contributed by atoms with Crippen molar-refractivity contribution in [1.29, 1.82) is 0 Å². The zero-order valence-electron chi connectivity index (χ0n) is 10.6. The summed E-state index contributed by atoms with van der Waals surface area (Å²) >= 11 is 0. The molecule has 2 rings (SSSR count). The first kappa shape index (κ1) is 12.2. The van der Waals surface area contributed by atoms with Crippen LogP contribution in [-0.2, 0) is 13.6 Å².